The summed E-state index contributed by atoms with van der Waals surface area (Å²) in [7, 11) is 0. The standard InChI is InChI=1S/C36H39N3O3/c1-2-41-35-24-32(15-18-34(35)42-27-31-11-7-4-8-12-31)25-37-38-36(40)33-16-13-30(14-17-33)26-39-21-19-29(20-22-39)23-28-9-5-3-6-10-28/h3-18,24-25,29H,2,19-23,26-27H2,1H3,(H,38,40)/b37-25-. The number of hydrazone groups is 1. The van der Waals surface area contributed by atoms with Crippen molar-refractivity contribution in [2.24, 2.45) is 11.0 Å². The molecule has 0 aliphatic carbocycles. The van der Waals surface area contributed by atoms with E-state index in [-0.39, 0.29) is 5.91 Å². The number of hydrogen-bond acceptors (Lipinski definition) is 5. The van der Waals surface area contributed by atoms with Gasteiger partial charge in [0, 0.05) is 12.1 Å². The van der Waals surface area contributed by atoms with Gasteiger partial charge in [0.25, 0.3) is 5.91 Å². The molecule has 0 atom stereocenters. The Hall–Kier alpha value is -4.42. The van der Waals surface area contributed by atoms with Crippen molar-refractivity contribution in [2.45, 2.75) is 39.3 Å². The molecule has 1 aliphatic rings. The molecule has 6 heteroatoms. The maximum atomic E-state index is 12.7. The maximum Gasteiger partial charge on any atom is 0.271 e. The van der Waals surface area contributed by atoms with Crippen LogP contribution in [0.5, 0.6) is 11.5 Å². The summed E-state index contributed by atoms with van der Waals surface area (Å²) in [5, 5.41) is 4.17. The van der Waals surface area contributed by atoms with E-state index in [9.17, 15) is 4.79 Å². The highest BCUT2D eigenvalue weighted by molar-refractivity contribution is 5.95. The van der Waals surface area contributed by atoms with Crippen molar-refractivity contribution >= 4 is 12.1 Å². The lowest BCUT2D eigenvalue weighted by Gasteiger charge is -2.32. The van der Waals surface area contributed by atoms with Gasteiger partial charge < -0.3 is 9.47 Å². The van der Waals surface area contributed by atoms with Crippen LogP contribution in [0.3, 0.4) is 0 Å². The molecule has 216 valence electrons. The number of hydrogen-bond donors (Lipinski definition) is 1. The zero-order chi connectivity index (χ0) is 29.0. The molecule has 1 saturated heterocycles. The van der Waals surface area contributed by atoms with Crippen LogP contribution in [0.1, 0.15) is 52.4 Å². The number of rotatable bonds is 12. The first-order valence-corrected chi connectivity index (χ1v) is 14.8. The lowest BCUT2D eigenvalue weighted by molar-refractivity contribution is 0.0955. The van der Waals surface area contributed by atoms with Crippen LogP contribution in [0.2, 0.25) is 0 Å². The second kappa shape index (κ2) is 15.0. The Morgan fingerprint density at radius 3 is 2.21 bits per heavy atom. The molecule has 4 aromatic carbocycles. The molecular weight excluding hydrogens is 522 g/mol. The molecule has 1 N–H and O–H groups in total. The minimum Gasteiger partial charge on any atom is -0.490 e. The lowest BCUT2D eigenvalue weighted by atomic mass is 9.90. The largest absolute Gasteiger partial charge is 0.490 e. The normalized spacial score (nSPS) is 14.1. The molecule has 0 radical (unpaired) electrons. The molecule has 0 bridgehead atoms. The second-order valence-corrected chi connectivity index (χ2v) is 10.7. The van der Waals surface area contributed by atoms with Gasteiger partial charge in [0.1, 0.15) is 6.61 Å². The molecule has 4 aromatic rings. The van der Waals surface area contributed by atoms with Gasteiger partial charge >= 0.3 is 0 Å². The van der Waals surface area contributed by atoms with Crippen LogP contribution in [0.15, 0.2) is 108 Å². The van der Waals surface area contributed by atoms with Crippen LogP contribution in [0, 0.1) is 5.92 Å². The molecular formula is C36H39N3O3. The van der Waals surface area contributed by atoms with E-state index in [2.05, 4.69) is 45.8 Å². The molecule has 1 amide bonds. The van der Waals surface area contributed by atoms with Gasteiger partial charge in [0.15, 0.2) is 11.5 Å². The third-order valence-corrected chi connectivity index (χ3v) is 7.58. The number of ether oxygens (including phenoxy) is 2. The van der Waals surface area contributed by atoms with Crippen molar-refractivity contribution in [2.75, 3.05) is 19.7 Å². The van der Waals surface area contributed by atoms with Crippen molar-refractivity contribution < 1.29 is 14.3 Å². The third-order valence-electron chi connectivity index (χ3n) is 7.58. The van der Waals surface area contributed by atoms with Crippen molar-refractivity contribution in [3.8, 4) is 11.5 Å². The monoisotopic (exact) mass is 561 g/mol. The zero-order valence-electron chi connectivity index (χ0n) is 24.2. The Balaban J connectivity index is 1.08. The Bertz CT molecular complexity index is 1430. The molecule has 6 nitrogen and oxygen atoms in total. The number of carbonyl (C=O) groups is 1. The first kappa shape index (κ1) is 29.1. The van der Waals surface area contributed by atoms with E-state index in [1.54, 1.807) is 6.21 Å². The summed E-state index contributed by atoms with van der Waals surface area (Å²) in [6.45, 7) is 6.03. The van der Waals surface area contributed by atoms with Gasteiger partial charge in [-0.15, -0.1) is 0 Å². The Morgan fingerprint density at radius 2 is 1.52 bits per heavy atom. The third kappa shape index (κ3) is 8.54. The zero-order valence-corrected chi connectivity index (χ0v) is 24.2. The number of amides is 1. The molecule has 0 saturated carbocycles. The van der Waals surface area contributed by atoms with E-state index in [1.807, 2.05) is 79.7 Å². The summed E-state index contributed by atoms with van der Waals surface area (Å²) in [5.74, 6) is 1.82. The minimum absolute atomic E-state index is 0.243. The molecule has 0 unspecified atom stereocenters. The van der Waals surface area contributed by atoms with E-state index >= 15 is 0 Å². The summed E-state index contributed by atoms with van der Waals surface area (Å²) in [6, 6.07) is 34.2. The number of likely N-dealkylation sites (tertiary alicyclic amines) is 1. The summed E-state index contributed by atoms with van der Waals surface area (Å²) < 4.78 is 11.8. The van der Waals surface area contributed by atoms with Gasteiger partial charge in [-0.25, -0.2) is 5.43 Å². The van der Waals surface area contributed by atoms with Crippen LogP contribution in [-0.4, -0.2) is 36.7 Å². The van der Waals surface area contributed by atoms with Crippen LogP contribution < -0.4 is 14.9 Å². The van der Waals surface area contributed by atoms with E-state index in [4.69, 9.17) is 9.47 Å². The molecule has 1 aliphatic heterocycles. The van der Waals surface area contributed by atoms with Gasteiger partial charge in [-0.05, 0) is 97.8 Å². The Labute approximate surface area is 249 Å². The van der Waals surface area contributed by atoms with Gasteiger partial charge in [-0.1, -0.05) is 72.8 Å². The number of nitrogens with one attached hydrogen (secondary N) is 1. The van der Waals surface area contributed by atoms with Gasteiger partial charge in [0.05, 0.1) is 12.8 Å². The molecule has 5 rings (SSSR count). The smallest absolute Gasteiger partial charge is 0.271 e. The average molecular weight is 562 g/mol. The van der Waals surface area contributed by atoms with Crippen LogP contribution in [-0.2, 0) is 19.6 Å². The van der Waals surface area contributed by atoms with Crippen molar-refractivity contribution in [3.05, 3.63) is 131 Å². The van der Waals surface area contributed by atoms with Gasteiger partial charge in [0.2, 0.25) is 0 Å². The molecule has 1 fully saturated rings. The molecule has 42 heavy (non-hydrogen) atoms. The Morgan fingerprint density at radius 1 is 0.833 bits per heavy atom. The van der Waals surface area contributed by atoms with Crippen LogP contribution >= 0.6 is 0 Å². The first-order valence-electron chi connectivity index (χ1n) is 14.8. The summed E-state index contributed by atoms with van der Waals surface area (Å²) in [4.78, 5) is 15.2. The van der Waals surface area contributed by atoms with Gasteiger partial charge in [-0.2, -0.15) is 5.10 Å². The van der Waals surface area contributed by atoms with Crippen molar-refractivity contribution in [1.82, 2.24) is 10.3 Å². The molecule has 0 aromatic heterocycles. The number of carbonyl (C=O) groups excluding carboxylic acids is 1. The van der Waals surface area contributed by atoms with E-state index in [0.717, 1.165) is 36.7 Å². The predicted octanol–water partition coefficient (Wildman–Crippen LogP) is 6.88. The highest BCUT2D eigenvalue weighted by atomic mass is 16.5. The van der Waals surface area contributed by atoms with E-state index < -0.39 is 0 Å². The Kier molecular flexibility index (Phi) is 10.4. The molecule has 1 heterocycles. The number of nitrogens with zero attached hydrogens (tertiary/aromatic N) is 2. The van der Waals surface area contributed by atoms with Crippen LogP contribution in [0.4, 0.5) is 0 Å². The van der Waals surface area contributed by atoms with E-state index in [0.29, 0.717) is 30.3 Å². The summed E-state index contributed by atoms with van der Waals surface area (Å²) >= 11 is 0. The quantitative estimate of drug-likeness (QED) is 0.151. The fourth-order valence-corrected chi connectivity index (χ4v) is 5.27. The minimum atomic E-state index is -0.243. The van der Waals surface area contributed by atoms with Gasteiger partial charge in [-0.3, -0.25) is 9.69 Å². The lowest BCUT2D eigenvalue weighted by Crippen LogP contribution is -2.33. The van der Waals surface area contributed by atoms with E-state index in [1.165, 1.54) is 30.4 Å². The average Bonchev–Trinajstić information content (AvgIpc) is 3.03. The number of piperidine rings is 1. The second-order valence-electron chi connectivity index (χ2n) is 10.7. The highest BCUT2D eigenvalue weighted by Gasteiger charge is 2.19. The topological polar surface area (TPSA) is 63.2 Å². The summed E-state index contributed by atoms with van der Waals surface area (Å²) in [6.07, 6.45) is 5.23. The highest BCUT2D eigenvalue weighted by Crippen LogP contribution is 2.29. The number of benzene rings is 4. The van der Waals surface area contributed by atoms with Crippen molar-refractivity contribution in [3.63, 3.8) is 0 Å². The first-order chi connectivity index (χ1) is 20.7. The maximum absolute atomic E-state index is 12.7. The summed E-state index contributed by atoms with van der Waals surface area (Å²) in [5.41, 5.74) is 7.75. The predicted molar refractivity (Wildman–Crippen MR) is 168 cm³/mol. The van der Waals surface area contributed by atoms with Crippen LogP contribution in [0.25, 0.3) is 0 Å². The fraction of sp³-hybridized carbons (Fsp3) is 0.278. The molecule has 0 spiro atoms. The fourth-order valence-electron chi connectivity index (χ4n) is 5.27. The SMILES string of the molecule is CCOc1cc(/C=N\NC(=O)c2ccc(CN3CCC(Cc4ccccc4)CC3)cc2)ccc1OCc1ccccc1. The van der Waals surface area contributed by atoms with Crippen molar-refractivity contribution in [1.29, 1.82) is 0 Å².